The van der Waals surface area contributed by atoms with E-state index in [4.69, 9.17) is 11.6 Å². The van der Waals surface area contributed by atoms with Crippen LogP contribution in [0.3, 0.4) is 0 Å². The van der Waals surface area contributed by atoms with Crippen LogP contribution < -0.4 is 0 Å². The number of aromatic nitrogens is 1. The SMILES string of the molecule is Clc1nc2ccc(Br)cc2c2c1CCCC2. The maximum Gasteiger partial charge on any atom is 0.133 e. The fourth-order valence-electron chi connectivity index (χ4n) is 2.45. The minimum atomic E-state index is 0.699. The number of halogens is 2. The highest BCUT2D eigenvalue weighted by molar-refractivity contribution is 9.10. The summed E-state index contributed by atoms with van der Waals surface area (Å²) in [6.45, 7) is 0. The first kappa shape index (κ1) is 10.5. The van der Waals surface area contributed by atoms with Gasteiger partial charge in [-0.2, -0.15) is 0 Å². The van der Waals surface area contributed by atoms with E-state index in [1.807, 2.05) is 12.1 Å². The van der Waals surface area contributed by atoms with Gasteiger partial charge in [0.05, 0.1) is 5.52 Å². The quantitative estimate of drug-likeness (QED) is 0.651. The third-order valence-electron chi connectivity index (χ3n) is 3.22. The average Bonchev–Trinajstić information content (AvgIpc) is 2.31. The highest BCUT2D eigenvalue weighted by Gasteiger charge is 2.17. The van der Waals surface area contributed by atoms with Crippen molar-refractivity contribution in [3.8, 4) is 0 Å². The molecule has 1 nitrogen and oxygen atoms in total. The van der Waals surface area contributed by atoms with Crippen LogP contribution in [0.25, 0.3) is 10.9 Å². The molecule has 0 N–H and O–H groups in total. The molecule has 3 heteroatoms. The molecular formula is C13H11BrClN. The molecule has 1 heterocycles. The first-order valence-electron chi connectivity index (χ1n) is 5.52. The first-order chi connectivity index (χ1) is 7.75. The van der Waals surface area contributed by atoms with Gasteiger partial charge in [-0.1, -0.05) is 27.5 Å². The Morgan fingerprint density at radius 1 is 1.12 bits per heavy atom. The fraction of sp³-hybridized carbons (Fsp3) is 0.308. The molecule has 2 aromatic rings. The van der Waals surface area contributed by atoms with Crippen LogP contribution in [0.1, 0.15) is 24.0 Å². The highest BCUT2D eigenvalue weighted by Crippen LogP contribution is 2.33. The Balaban J connectivity index is 2.38. The molecule has 1 aliphatic carbocycles. The summed E-state index contributed by atoms with van der Waals surface area (Å²) in [4.78, 5) is 4.47. The zero-order chi connectivity index (χ0) is 11.1. The number of rotatable bonds is 0. The van der Waals surface area contributed by atoms with Gasteiger partial charge in [-0.05, 0) is 55.0 Å². The number of fused-ring (bicyclic) bond motifs is 3. The van der Waals surface area contributed by atoms with Crippen molar-refractivity contribution in [2.45, 2.75) is 25.7 Å². The molecule has 1 aromatic heterocycles. The molecule has 0 unspecified atom stereocenters. The van der Waals surface area contributed by atoms with Crippen molar-refractivity contribution in [2.75, 3.05) is 0 Å². The van der Waals surface area contributed by atoms with Gasteiger partial charge >= 0.3 is 0 Å². The van der Waals surface area contributed by atoms with Gasteiger partial charge in [0.15, 0.2) is 0 Å². The Hall–Kier alpha value is -0.600. The number of hydrogen-bond donors (Lipinski definition) is 0. The standard InChI is InChI=1S/C13H11BrClN/c14-8-5-6-12-11(7-8)9-3-1-2-4-10(9)13(15)16-12/h5-7H,1-4H2. The van der Waals surface area contributed by atoms with E-state index in [-0.39, 0.29) is 0 Å². The van der Waals surface area contributed by atoms with Crippen molar-refractivity contribution in [1.82, 2.24) is 4.98 Å². The van der Waals surface area contributed by atoms with Crippen LogP contribution in [0.4, 0.5) is 0 Å². The average molecular weight is 297 g/mol. The Morgan fingerprint density at radius 2 is 1.88 bits per heavy atom. The lowest BCUT2D eigenvalue weighted by Gasteiger charge is -2.18. The first-order valence-corrected chi connectivity index (χ1v) is 6.69. The molecule has 0 saturated heterocycles. The Kier molecular flexibility index (Phi) is 2.64. The smallest absolute Gasteiger partial charge is 0.133 e. The predicted molar refractivity (Wildman–Crippen MR) is 71.1 cm³/mol. The van der Waals surface area contributed by atoms with Gasteiger partial charge in [-0.15, -0.1) is 0 Å². The number of nitrogens with zero attached hydrogens (tertiary/aromatic N) is 1. The Bertz CT molecular complexity index is 565. The van der Waals surface area contributed by atoms with Crippen molar-refractivity contribution < 1.29 is 0 Å². The van der Waals surface area contributed by atoms with Crippen molar-refractivity contribution >= 4 is 38.4 Å². The largest absolute Gasteiger partial charge is 0.236 e. The summed E-state index contributed by atoms with van der Waals surface area (Å²) >= 11 is 9.76. The molecule has 1 aliphatic rings. The predicted octanol–water partition coefficient (Wildman–Crippen LogP) is 4.53. The molecule has 3 rings (SSSR count). The monoisotopic (exact) mass is 295 g/mol. The normalized spacial score (nSPS) is 15.1. The van der Waals surface area contributed by atoms with E-state index < -0.39 is 0 Å². The van der Waals surface area contributed by atoms with E-state index in [2.05, 4.69) is 27.0 Å². The number of hydrogen-bond acceptors (Lipinski definition) is 1. The third kappa shape index (κ3) is 1.64. The van der Waals surface area contributed by atoms with Crippen LogP contribution in [-0.2, 0) is 12.8 Å². The molecule has 0 saturated carbocycles. The molecular weight excluding hydrogens is 286 g/mol. The highest BCUT2D eigenvalue weighted by atomic mass is 79.9. The van der Waals surface area contributed by atoms with E-state index in [0.717, 1.165) is 22.8 Å². The van der Waals surface area contributed by atoms with Crippen LogP contribution in [0.2, 0.25) is 5.15 Å². The molecule has 1 aromatic carbocycles. The maximum absolute atomic E-state index is 6.24. The van der Waals surface area contributed by atoms with E-state index in [9.17, 15) is 0 Å². The minimum Gasteiger partial charge on any atom is -0.236 e. The summed E-state index contributed by atoms with van der Waals surface area (Å²) in [5, 5.41) is 1.96. The van der Waals surface area contributed by atoms with Gasteiger partial charge in [-0.25, -0.2) is 4.98 Å². The maximum atomic E-state index is 6.24. The lowest BCUT2D eigenvalue weighted by atomic mass is 9.90. The molecule has 0 spiro atoms. The second-order valence-corrected chi connectivity index (χ2v) is 5.50. The van der Waals surface area contributed by atoms with Crippen molar-refractivity contribution in [2.24, 2.45) is 0 Å². The van der Waals surface area contributed by atoms with Gasteiger partial charge in [-0.3, -0.25) is 0 Å². The summed E-state index contributed by atoms with van der Waals surface area (Å²) in [5.41, 5.74) is 3.68. The van der Waals surface area contributed by atoms with Gasteiger partial charge in [0.1, 0.15) is 5.15 Å². The van der Waals surface area contributed by atoms with Crippen LogP contribution in [0.5, 0.6) is 0 Å². The van der Waals surface area contributed by atoms with Gasteiger partial charge in [0.25, 0.3) is 0 Å². The molecule has 0 atom stereocenters. The van der Waals surface area contributed by atoms with Crippen LogP contribution in [0, 0.1) is 0 Å². The molecule has 0 amide bonds. The van der Waals surface area contributed by atoms with Crippen LogP contribution in [0.15, 0.2) is 22.7 Å². The van der Waals surface area contributed by atoms with Crippen molar-refractivity contribution in [3.05, 3.63) is 39.0 Å². The van der Waals surface area contributed by atoms with Gasteiger partial charge in [0, 0.05) is 9.86 Å². The second kappa shape index (κ2) is 4.01. The van der Waals surface area contributed by atoms with Gasteiger partial charge in [0.2, 0.25) is 0 Å². The van der Waals surface area contributed by atoms with Crippen LogP contribution in [-0.4, -0.2) is 4.98 Å². The molecule has 82 valence electrons. The summed E-state index contributed by atoms with van der Waals surface area (Å²) in [6, 6.07) is 6.20. The summed E-state index contributed by atoms with van der Waals surface area (Å²) < 4.78 is 1.11. The Labute approximate surface area is 108 Å². The topological polar surface area (TPSA) is 12.9 Å². The molecule has 0 bridgehead atoms. The zero-order valence-electron chi connectivity index (χ0n) is 8.76. The minimum absolute atomic E-state index is 0.699. The Morgan fingerprint density at radius 3 is 2.69 bits per heavy atom. The van der Waals surface area contributed by atoms with Crippen molar-refractivity contribution in [1.29, 1.82) is 0 Å². The lowest BCUT2D eigenvalue weighted by molar-refractivity contribution is 0.687. The third-order valence-corrected chi connectivity index (χ3v) is 4.03. The summed E-state index contributed by atoms with van der Waals surface area (Å²) in [6.07, 6.45) is 4.69. The fourth-order valence-corrected chi connectivity index (χ4v) is 3.11. The van der Waals surface area contributed by atoms with Crippen LogP contribution >= 0.6 is 27.5 Å². The number of aryl methyl sites for hydroxylation is 1. The molecule has 16 heavy (non-hydrogen) atoms. The lowest BCUT2D eigenvalue weighted by Crippen LogP contribution is -2.05. The van der Waals surface area contributed by atoms with E-state index in [0.29, 0.717) is 5.15 Å². The molecule has 0 fully saturated rings. The summed E-state index contributed by atoms with van der Waals surface area (Å²) in [5.74, 6) is 0. The van der Waals surface area contributed by atoms with Gasteiger partial charge < -0.3 is 0 Å². The van der Waals surface area contributed by atoms with E-state index >= 15 is 0 Å². The van der Waals surface area contributed by atoms with E-state index in [1.54, 1.807) is 0 Å². The molecule has 0 aliphatic heterocycles. The number of pyridine rings is 1. The van der Waals surface area contributed by atoms with Crippen molar-refractivity contribution in [3.63, 3.8) is 0 Å². The van der Waals surface area contributed by atoms with E-state index in [1.165, 1.54) is 29.4 Å². The number of benzene rings is 1. The zero-order valence-corrected chi connectivity index (χ0v) is 11.1. The second-order valence-electron chi connectivity index (χ2n) is 4.23. The molecule has 0 radical (unpaired) electrons. The summed E-state index contributed by atoms with van der Waals surface area (Å²) in [7, 11) is 0.